The van der Waals surface area contributed by atoms with E-state index in [0.717, 1.165) is 12.5 Å². The highest BCUT2D eigenvalue weighted by molar-refractivity contribution is 7.10. The standard InChI is InChI=1S/C15H22N2OS/c18-14-11-16-15(13-7-4-10-19-13)17(14)9-8-12-5-2-1-3-6-12/h4,7,10,12,15-16H,1-3,5-6,8-9,11H2. The summed E-state index contributed by atoms with van der Waals surface area (Å²) in [6.45, 7) is 1.41. The lowest BCUT2D eigenvalue weighted by atomic mass is 9.87. The molecule has 1 N–H and O–H groups in total. The van der Waals surface area contributed by atoms with Gasteiger partial charge in [-0.25, -0.2) is 0 Å². The van der Waals surface area contributed by atoms with Crippen LogP contribution in [0.2, 0.25) is 0 Å². The summed E-state index contributed by atoms with van der Waals surface area (Å²) in [5.41, 5.74) is 0. The summed E-state index contributed by atoms with van der Waals surface area (Å²) < 4.78 is 0. The van der Waals surface area contributed by atoms with Gasteiger partial charge in [-0.3, -0.25) is 10.1 Å². The number of hydrogen-bond acceptors (Lipinski definition) is 3. The molecule has 0 bridgehead atoms. The van der Waals surface area contributed by atoms with Crippen LogP contribution in [0.25, 0.3) is 0 Å². The Bertz CT molecular complexity index is 412. The average molecular weight is 278 g/mol. The van der Waals surface area contributed by atoms with Gasteiger partial charge < -0.3 is 4.90 Å². The lowest BCUT2D eigenvalue weighted by Crippen LogP contribution is -2.32. The molecule has 2 heterocycles. The quantitative estimate of drug-likeness (QED) is 0.917. The van der Waals surface area contributed by atoms with E-state index in [-0.39, 0.29) is 12.1 Å². The van der Waals surface area contributed by atoms with Crippen LogP contribution in [0.15, 0.2) is 17.5 Å². The minimum absolute atomic E-state index is 0.121. The molecule has 0 radical (unpaired) electrons. The van der Waals surface area contributed by atoms with Gasteiger partial charge in [0.2, 0.25) is 5.91 Å². The van der Waals surface area contributed by atoms with Gasteiger partial charge in [0.15, 0.2) is 0 Å². The highest BCUT2D eigenvalue weighted by Crippen LogP contribution is 2.30. The van der Waals surface area contributed by atoms with Crippen LogP contribution in [-0.4, -0.2) is 23.9 Å². The fraction of sp³-hybridized carbons (Fsp3) is 0.667. The molecule has 1 aliphatic heterocycles. The van der Waals surface area contributed by atoms with E-state index in [1.807, 2.05) is 4.90 Å². The van der Waals surface area contributed by atoms with Crippen molar-refractivity contribution in [3.8, 4) is 0 Å². The van der Waals surface area contributed by atoms with E-state index in [1.165, 1.54) is 43.4 Å². The van der Waals surface area contributed by atoms with E-state index >= 15 is 0 Å². The SMILES string of the molecule is O=C1CNC(c2cccs2)N1CCC1CCCCC1. The fourth-order valence-corrected chi connectivity index (χ4v) is 4.10. The van der Waals surface area contributed by atoms with Gasteiger partial charge in [-0.05, 0) is 23.8 Å². The normalized spacial score (nSPS) is 25.2. The summed E-state index contributed by atoms with van der Waals surface area (Å²) in [7, 11) is 0. The molecule has 104 valence electrons. The predicted octanol–water partition coefficient (Wildman–Crippen LogP) is 3.15. The Morgan fingerprint density at radius 1 is 1.32 bits per heavy atom. The molecule has 3 nitrogen and oxygen atoms in total. The van der Waals surface area contributed by atoms with Crippen LogP contribution >= 0.6 is 11.3 Å². The molecule has 19 heavy (non-hydrogen) atoms. The Labute approximate surface area is 119 Å². The van der Waals surface area contributed by atoms with Crippen LogP contribution in [0.3, 0.4) is 0 Å². The fourth-order valence-electron chi connectivity index (χ4n) is 3.29. The second-order valence-corrected chi connectivity index (χ2v) is 6.66. The van der Waals surface area contributed by atoms with Gasteiger partial charge in [0.25, 0.3) is 0 Å². The first-order valence-corrected chi connectivity index (χ1v) is 8.29. The van der Waals surface area contributed by atoms with Gasteiger partial charge in [-0.2, -0.15) is 0 Å². The average Bonchev–Trinajstić information content (AvgIpc) is 3.07. The molecule has 1 aromatic heterocycles. The van der Waals surface area contributed by atoms with Gasteiger partial charge >= 0.3 is 0 Å². The molecule has 1 unspecified atom stereocenters. The Morgan fingerprint density at radius 3 is 2.89 bits per heavy atom. The molecule has 3 rings (SSSR count). The zero-order valence-electron chi connectivity index (χ0n) is 11.3. The second-order valence-electron chi connectivity index (χ2n) is 5.68. The molecule has 2 fully saturated rings. The molecule has 0 aromatic carbocycles. The molecule has 1 aliphatic carbocycles. The Balaban J connectivity index is 1.59. The largest absolute Gasteiger partial charge is 0.321 e. The van der Waals surface area contributed by atoms with Crippen molar-refractivity contribution < 1.29 is 4.79 Å². The minimum Gasteiger partial charge on any atom is -0.321 e. The zero-order valence-corrected chi connectivity index (χ0v) is 12.1. The third-order valence-corrected chi connectivity index (χ3v) is 5.32. The van der Waals surface area contributed by atoms with Crippen molar-refractivity contribution in [2.24, 2.45) is 5.92 Å². The lowest BCUT2D eigenvalue weighted by Gasteiger charge is -2.27. The molecule has 1 saturated heterocycles. The van der Waals surface area contributed by atoms with E-state index in [1.54, 1.807) is 11.3 Å². The number of rotatable bonds is 4. The van der Waals surface area contributed by atoms with Crippen LogP contribution < -0.4 is 5.32 Å². The molecule has 0 spiro atoms. The molecule has 1 amide bonds. The van der Waals surface area contributed by atoms with Crippen molar-refractivity contribution in [2.75, 3.05) is 13.1 Å². The number of nitrogens with zero attached hydrogens (tertiary/aromatic N) is 1. The first-order chi connectivity index (χ1) is 9.34. The van der Waals surface area contributed by atoms with E-state index in [0.29, 0.717) is 6.54 Å². The highest BCUT2D eigenvalue weighted by atomic mass is 32.1. The Hall–Kier alpha value is -0.870. The number of amides is 1. The lowest BCUT2D eigenvalue weighted by molar-refractivity contribution is -0.128. The summed E-state index contributed by atoms with van der Waals surface area (Å²) in [4.78, 5) is 15.3. The molecule has 4 heteroatoms. The van der Waals surface area contributed by atoms with E-state index in [2.05, 4.69) is 22.8 Å². The first-order valence-electron chi connectivity index (χ1n) is 7.41. The Morgan fingerprint density at radius 2 is 2.16 bits per heavy atom. The van der Waals surface area contributed by atoms with Crippen molar-refractivity contribution in [3.63, 3.8) is 0 Å². The third-order valence-electron chi connectivity index (χ3n) is 4.39. The van der Waals surface area contributed by atoms with Crippen molar-refractivity contribution in [2.45, 2.75) is 44.7 Å². The van der Waals surface area contributed by atoms with E-state index in [4.69, 9.17) is 0 Å². The van der Waals surface area contributed by atoms with Gasteiger partial charge in [-0.1, -0.05) is 38.2 Å². The predicted molar refractivity (Wildman–Crippen MR) is 78.0 cm³/mol. The van der Waals surface area contributed by atoms with Gasteiger partial charge in [0.1, 0.15) is 6.17 Å². The van der Waals surface area contributed by atoms with Crippen molar-refractivity contribution >= 4 is 17.2 Å². The van der Waals surface area contributed by atoms with E-state index in [9.17, 15) is 4.79 Å². The third kappa shape index (κ3) is 3.00. The summed E-state index contributed by atoms with van der Waals surface area (Å²) in [6.07, 6.45) is 8.18. The first kappa shape index (κ1) is 13.1. The minimum atomic E-state index is 0.121. The van der Waals surface area contributed by atoms with Crippen LogP contribution in [0.1, 0.15) is 49.6 Å². The molecule has 1 atom stereocenters. The maximum Gasteiger partial charge on any atom is 0.238 e. The second kappa shape index (κ2) is 6.06. The maximum absolute atomic E-state index is 12.0. The van der Waals surface area contributed by atoms with Crippen LogP contribution in [-0.2, 0) is 4.79 Å². The molecule has 1 saturated carbocycles. The zero-order chi connectivity index (χ0) is 13.1. The summed E-state index contributed by atoms with van der Waals surface area (Å²) in [6, 6.07) is 4.18. The summed E-state index contributed by atoms with van der Waals surface area (Å²) >= 11 is 1.73. The maximum atomic E-state index is 12.0. The highest BCUT2D eigenvalue weighted by Gasteiger charge is 2.32. The number of thiophene rings is 1. The van der Waals surface area contributed by atoms with Crippen LogP contribution in [0.4, 0.5) is 0 Å². The van der Waals surface area contributed by atoms with Crippen molar-refractivity contribution in [3.05, 3.63) is 22.4 Å². The van der Waals surface area contributed by atoms with Gasteiger partial charge in [-0.15, -0.1) is 11.3 Å². The van der Waals surface area contributed by atoms with Crippen LogP contribution in [0.5, 0.6) is 0 Å². The van der Waals surface area contributed by atoms with E-state index < -0.39 is 0 Å². The summed E-state index contributed by atoms with van der Waals surface area (Å²) in [5.74, 6) is 1.10. The molecule has 1 aromatic rings. The van der Waals surface area contributed by atoms with Crippen LogP contribution in [0, 0.1) is 5.92 Å². The topological polar surface area (TPSA) is 32.3 Å². The molecule has 2 aliphatic rings. The molecular formula is C15H22N2OS. The van der Waals surface area contributed by atoms with Crippen molar-refractivity contribution in [1.82, 2.24) is 10.2 Å². The van der Waals surface area contributed by atoms with Gasteiger partial charge in [0, 0.05) is 11.4 Å². The monoisotopic (exact) mass is 278 g/mol. The van der Waals surface area contributed by atoms with Crippen molar-refractivity contribution in [1.29, 1.82) is 0 Å². The number of carbonyl (C=O) groups excluding carboxylic acids is 1. The number of carbonyl (C=O) groups is 1. The molecular weight excluding hydrogens is 256 g/mol. The Kier molecular flexibility index (Phi) is 4.18. The number of nitrogens with one attached hydrogen (secondary N) is 1. The number of hydrogen-bond donors (Lipinski definition) is 1. The summed E-state index contributed by atoms with van der Waals surface area (Å²) in [5, 5.41) is 5.42. The smallest absolute Gasteiger partial charge is 0.238 e. The van der Waals surface area contributed by atoms with Gasteiger partial charge in [0.05, 0.1) is 6.54 Å².